The number of rotatable bonds is 7. The minimum absolute atomic E-state index is 0. The second-order valence-electron chi connectivity index (χ2n) is 3.04. The Labute approximate surface area is 114 Å². The van der Waals surface area contributed by atoms with E-state index in [-0.39, 0.29) is 31.9 Å². The normalized spacial score (nSPS) is 10.6. The monoisotopic (exact) mass is 282 g/mol. The molecular formula is C11H23ClN2Zn. The Balaban J connectivity index is -0.000000720. The van der Waals surface area contributed by atoms with Gasteiger partial charge in [-0.1, -0.05) is 27.2 Å². The Morgan fingerprint density at radius 1 is 1.20 bits per heavy atom. The first-order chi connectivity index (χ1) is 6.28. The molecule has 0 aromatic carbocycles. The molecule has 0 aromatic rings. The van der Waals surface area contributed by atoms with Gasteiger partial charge < -0.3 is 22.6 Å². The van der Waals surface area contributed by atoms with Crippen LogP contribution in [0.15, 0.2) is 11.8 Å². The summed E-state index contributed by atoms with van der Waals surface area (Å²) in [7, 11) is 0. The van der Waals surface area contributed by atoms with Gasteiger partial charge in [0.1, 0.15) is 0 Å². The zero-order valence-corrected chi connectivity index (χ0v) is 14.3. The van der Waals surface area contributed by atoms with Crippen molar-refractivity contribution in [3.05, 3.63) is 17.1 Å². The Morgan fingerprint density at radius 3 is 2.07 bits per heavy atom. The molecule has 0 aliphatic carbocycles. The van der Waals surface area contributed by atoms with Crippen molar-refractivity contribution in [1.82, 2.24) is 4.90 Å². The number of nitrogens with zero attached hydrogens (tertiary/aromatic N) is 2. The van der Waals surface area contributed by atoms with Crippen molar-refractivity contribution in [1.29, 1.82) is 0 Å². The van der Waals surface area contributed by atoms with Gasteiger partial charge in [-0.15, -0.1) is 12.6 Å². The number of likely N-dealkylation sites (N-methyl/N-ethyl adjacent to an activating group) is 1. The van der Waals surface area contributed by atoms with Crippen LogP contribution in [0.2, 0.25) is 0 Å². The fourth-order valence-electron chi connectivity index (χ4n) is 1.28. The summed E-state index contributed by atoms with van der Waals surface area (Å²) in [5, 5.41) is 4.52. The quantitative estimate of drug-likeness (QED) is 0.602. The second-order valence-corrected chi connectivity index (χ2v) is 3.04. The summed E-state index contributed by atoms with van der Waals surface area (Å²) in [6.45, 7) is 12.9. The van der Waals surface area contributed by atoms with Gasteiger partial charge in [-0.3, -0.25) is 0 Å². The smallest absolute Gasteiger partial charge is 1.00 e. The molecule has 0 rings (SSSR count). The number of hydrogen-bond acceptors (Lipinski definition) is 1. The fraction of sp³-hybridized carbons (Fsp3) is 0.818. The van der Waals surface area contributed by atoms with Crippen LogP contribution in [0.25, 0.3) is 5.32 Å². The van der Waals surface area contributed by atoms with Crippen molar-refractivity contribution in [2.24, 2.45) is 0 Å². The molecule has 15 heavy (non-hydrogen) atoms. The fourth-order valence-corrected chi connectivity index (χ4v) is 1.28. The largest absolute Gasteiger partial charge is 2.00 e. The van der Waals surface area contributed by atoms with Crippen LogP contribution >= 0.6 is 0 Å². The third-order valence-electron chi connectivity index (χ3n) is 2.32. The van der Waals surface area contributed by atoms with Crippen LogP contribution in [0.4, 0.5) is 0 Å². The van der Waals surface area contributed by atoms with Gasteiger partial charge in [-0.2, -0.15) is 5.70 Å². The molecule has 0 spiro atoms. The maximum atomic E-state index is 4.52. The third kappa shape index (κ3) is 10.7. The standard InChI is InChI=1S/C11H23N2.ClH.Zn/c1-5-11(6-2)12-9-10-13(7-3)8-4;;/h5H,6-10H2,1-4H3;1H;/q-1;;+2/p-1/b11-5-;;. The molecule has 0 unspecified atom stereocenters. The van der Waals surface area contributed by atoms with Gasteiger partial charge in [-0.05, 0) is 26.6 Å². The van der Waals surface area contributed by atoms with E-state index in [1.807, 2.05) is 0 Å². The molecule has 0 bridgehead atoms. The van der Waals surface area contributed by atoms with Crippen molar-refractivity contribution in [2.75, 3.05) is 26.2 Å². The summed E-state index contributed by atoms with van der Waals surface area (Å²) >= 11 is 0. The molecule has 86 valence electrons. The van der Waals surface area contributed by atoms with E-state index in [9.17, 15) is 0 Å². The van der Waals surface area contributed by atoms with Crippen LogP contribution in [0.5, 0.6) is 0 Å². The number of hydrogen-bond donors (Lipinski definition) is 0. The minimum atomic E-state index is 0. The van der Waals surface area contributed by atoms with Crippen LogP contribution in [-0.4, -0.2) is 31.1 Å². The molecule has 0 amide bonds. The molecule has 0 atom stereocenters. The van der Waals surface area contributed by atoms with Gasteiger partial charge in [0.15, 0.2) is 0 Å². The molecule has 2 nitrogen and oxygen atoms in total. The molecule has 0 heterocycles. The average molecular weight is 284 g/mol. The van der Waals surface area contributed by atoms with Crippen molar-refractivity contribution < 1.29 is 31.9 Å². The van der Waals surface area contributed by atoms with E-state index in [4.69, 9.17) is 0 Å². The molecule has 0 aliphatic heterocycles. The van der Waals surface area contributed by atoms with Crippen molar-refractivity contribution in [3.63, 3.8) is 0 Å². The van der Waals surface area contributed by atoms with Gasteiger partial charge in [0.25, 0.3) is 0 Å². The molecule has 0 fully saturated rings. The molecule has 0 aliphatic rings. The van der Waals surface area contributed by atoms with Crippen molar-refractivity contribution >= 4 is 0 Å². The Hall–Kier alpha value is 0.413. The summed E-state index contributed by atoms with van der Waals surface area (Å²) < 4.78 is 0. The zero-order chi connectivity index (χ0) is 10.1. The molecule has 0 saturated carbocycles. The van der Waals surface area contributed by atoms with E-state index >= 15 is 0 Å². The van der Waals surface area contributed by atoms with Crippen molar-refractivity contribution in [3.8, 4) is 0 Å². The first-order valence-electron chi connectivity index (χ1n) is 5.33. The van der Waals surface area contributed by atoms with E-state index in [1.165, 1.54) is 5.70 Å². The first-order valence-corrected chi connectivity index (χ1v) is 5.33. The molecule has 0 radical (unpaired) electrons. The van der Waals surface area contributed by atoms with Crippen LogP contribution in [0.1, 0.15) is 34.1 Å². The molecule has 4 heteroatoms. The van der Waals surface area contributed by atoms with E-state index in [1.54, 1.807) is 0 Å². The van der Waals surface area contributed by atoms with E-state index in [0.717, 1.165) is 32.6 Å². The Kier molecular flexibility index (Phi) is 20.0. The van der Waals surface area contributed by atoms with Crippen molar-refractivity contribution in [2.45, 2.75) is 34.1 Å². The van der Waals surface area contributed by atoms with Gasteiger partial charge in [0.05, 0.1) is 0 Å². The number of halogens is 1. The number of allylic oxidation sites excluding steroid dienone is 2. The molecule has 0 aromatic heterocycles. The maximum absolute atomic E-state index is 4.52. The maximum Gasteiger partial charge on any atom is 2.00 e. The van der Waals surface area contributed by atoms with Crippen LogP contribution < -0.4 is 12.4 Å². The van der Waals surface area contributed by atoms with Crippen LogP contribution in [-0.2, 0) is 19.5 Å². The van der Waals surface area contributed by atoms with Gasteiger partial charge >= 0.3 is 19.5 Å². The van der Waals surface area contributed by atoms with E-state index in [2.05, 4.69) is 44.0 Å². The first kappa shape index (κ1) is 20.8. The minimum Gasteiger partial charge on any atom is -1.00 e. The summed E-state index contributed by atoms with van der Waals surface area (Å²) in [5.41, 5.74) is 1.23. The van der Waals surface area contributed by atoms with E-state index < -0.39 is 0 Å². The summed E-state index contributed by atoms with van der Waals surface area (Å²) in [6, 6.07) is 0. The zero-order valence-electron chi connectivity index (χ0n) is 10.6. The summed E-state index contributed by atoms with van der Waals surface area (Å²) in [5.74, 6) is 0. The molecule has 0 N–H and O–H groups in total. The van der Waals surface area contributed by atoms with Crippen LogP contribution in [0.3, 0.4) is 0 Å². The van der Waals surface area contributed by atoms with E-state index in [0.29, 0.717) is 0 Å². The van der Waals surface area contributed by atoms with Crippen LogP contribution in [0, 0.1) is 0 Å². The second kappa shape index (κ2) is 14.4. The van der Waals surface area contributed by atoms with Gasteiger partial charge in [0, 0.05) is 0 Å². The summed E-state index contributed by atoms with van der Waals surface area (Å²) in [4.78, 5) is 2.40. The summed E-state index contributed by atoms with van der Waals surface area (Å²) in [6.07, 6.45) is 3.15. The SMILES string of the molecule is C/C=C(/CC)[N-]CCN(CC)CC.[Cl-].[Zn+2]. The van der Waals surface area contributed by atoms with Gasteiger partial charge in [0.2, 0.25) is 0 Å². The predicted molar refractivity (Wildman–Crippen MR) is 60.1 cm³/mol. The van der Waals surface area contributed by atoms with Gasteiger partial charge in [-0.25, -0.2) is 0 Å². The molecular weight excluding hydrogens is 261 g/mol. The Morgan fingerprint density at radius 2 is 1.73 bits per heavy atom. The topological polar surface area (TPSA) is 17.3 Å². The average Bonchev–Trinajstić information content (AvgIpc) is 2.19. The molecule has 0 saturated heterocycles. The Bertz CT molecular complexity index is 148. The third-order valence-corrected chi connectivity index (χ3v) is 2.32. The predicted octanol–water partition coefficient (Wildman–Crippen LogP) is 0.0172.